The number of nitrogens with zero attached hydrogens (tertiary/aromatic N) is 1. The lowest BCUT2D eigenvalue weighted by atomic mass is 9.97. The van der Waals surface area contributed by atoms with E-state index in [-0.39, 0.29) is 6.09 Å². The molecule has 1 aliphatic rings. The summed E-state index contributed by atoms with van der Waals surface area (Å²) >= 11 is 0. The van der Waals surface area contributed by atoms with Gasteiger partial charge in [-0.05, 0) is 45.1 Å². The van der Waals surface area contributed by atoms with Crippen LogP contribution in [0.4, 0.5) is 4.79 Å². The van der Waals surface area contributed by atoms with E-state index in [1.807, 2.05) is 43.9 Å². The van der Waals surface area contributed by atoms with Crippen LogP contribution in [-0.2, 0) is 4.74 Å². The fourth-order valence-corrected chi connectivity index (χ4v) is 2.47. The van der Waals surface area contributed by atoms with E-state index in [2.05, 4.69) is 24.3 Å². The van der Waals surface area contributed by atoms with Crippen molar-refractivity contribution in [2.75, 3.05) is 13.1 Å². The van der Waals surface area contributed by atoms with Gasteiger partial charge in [-0.2, -0.15) is 0 Å². The lowest BCUT2D eigenvalue weighted by molar-refractivity contribution is 0.0187. The molecule has 1 amide bonds. The van der Waals surface area contributed by atoms with Gasteiger partial charge >= 0.3 is 6.09 Å². The highest BCUT2D eigenvalue weighted by atomic mass is 16.6. The second-order valence-electron chi connectivity index (χ2n) is 6.60. The standard InChI is InChI=1S/C18H25NO2/c1-18(2,3)21-17(20)19-13-7-10-16(14-19)12-11-15-8-5-4-6-9-15/h4-6,8-9,11-12,16H,7,10,13-14H2,1-3H3/b12-11+. The highest BCUT2D eigenvalue weighted by Gasteiger charge is 2.26. The van der Waals surface area contributed by atoms with Gasteiger partial charge in [-0.1, -0.05) is 42.5 Å². The number of benzene rings is 1. The zero-order chi connectivity index (χ0) is 15.3. The van der Waals surface area contributed by atoms with Gasteiger partial charge in [-0.25, -0.2) is 4.79 Å². The first-order valence-corrected chi connectivity index (χ1v) is 7.65. The monoisotopic (exact) mass is 287 g/mol. The maximum absolute atomic E-state index is 12.1. The highest BCUT2D eigenvalue weighted by molar-refractivity contribution is 5.68. The average molecular weight is 287 g/mol. The van der Waals surface area contributed by atoms with Crippen molar-refractivity contribution in [2.24, 2.45) is 5.92 Å². The van der Waals surface area contributed by atoms with E-state index in [4.69, 9.17) is 4.74 Å². The smallest absolute Gasteiger partial charge is 0.410 e. The second-order valence-corrected chi connectivity index (χ2v) is 6.60. The van der Waals surface area contributed by atoms with E-state index in [1.54, 1.807) is 0 Å². The number of likely N-dealkylation sites (tertiary alicyclic amines) is 1. The summed E-state index contributed by atoms with van der Waals surface area (Å²) in [5, 5.41) is 0. The Morgan fingerprint density at radius 2 is 2.00 bits per heavy atom. The number of carbonyl (C=O) groups excluding carboxylic acids is 1. The molecule has 1 saturated heterocycles. The number of ether oxygens (including phenoxy) is 1. The predicted molar refractivity (Wildman–Crippen MR) is 86.0 cm³/mol. The Kier molecular flexibility index (Phi) is 5.05. The van der Waals surface area contributed by atoms with Crippen LogP contribution in [0, 0.1) is 5.92 Å². The maximum atomic E-state index is 12.1. The molecule has 1 heterocycles. The minimum atomic E-state index is -0.427. The van der Waals surface area contributed by atoms with E-state index in [9.17, 15) is 4.79 Å². The number of carbonyl (C=O) groups is 1. The number of hydrogen-bond acceptors (Lipinski definition) is 2. The Bertz CT molecular complexity index is 488. The summed E-state index contributed by atoms with van der Waals surface area (Å²) < 4.78 is 5.45. The van der Waals surface area contributed by atoms with Gasteiger partial charge in [0.05, 0.1) is 0 Å². The van der Waals surface area contributed by atoms with Gasteiger partial charge in [0.1, 0.15) is 5.60 Å². The molecule has 21 heavy (non-hydrogen) atoms. The van der Waals surface area contributed by atoms with Crippen molar-refractivity contribution in [1.82, 2.24) is 4.90 Å². The molecule has 3 nitrogen and oxygen atoms in total. The Labute approximate surface area is 127 Å². The molecule has 1 unspecified atom stereocenters. The Morgan fingerprint density at radius 3 is 2.67 bits per heavy atom. The minimum Gasteiger partial charge on any atom is -0.444 e. The Morgan fingerprint density at radius 1 is 1.29 bits per heavy atom. The highest BCUT2D eigenvalue weighted by Crippen LogP contribution is 2.21. The molecule has 0 spiro atoms. The van der Waals surface area contributed by atoms with Gasteiger partial charge in [0.25, 0.3) is 0 Å². The first-order valence-electron chi connectivity index (χ1n) is 7.65. The van der Waals surface area contributed by atoms with Gasteiger partial charge < -0.3 is 9.64 Å². The molecular formula is C18H25NO2. The third-order valence-electron chi connectivity index (χ3n) is 3.47. The molecule has 0 aromatic heterocycles. The van der Waals surface area contributed by atoms with Crippen molar-refractivity contribution in [2.45, 2.75) is 39.2 Å². The molecule has 1 fully saturated rings. The maximum Gasteiger partial charge on any atom is 0.410 e. The zero-order valence-electron chi connectivity index (χ0n) is 13.2. The Hall–Kier alpha value is -1.77. The van der Waals surface area contributed by atoms with Gasteiger partial charge in [0.15, 0.2) is 0 Å². The summed E-state index contributed by atoms with van der Waals surface area (Å²) in [6.07, 6.45) is 6.32. The molecule has 0 bridgehead atoms. The SMILES string of the molecule is CC(C)(C)OC(=O)N1CCCC(/C=C/c2ccccc2)C1. The molecule has 1 aromatic carbocycles. The second kappa shape index (κ2) is 6.79. The summed E-state index contributed by atoms with van der Waals surface area (Å²) in [4.78, 5) is 13.9. The van der Waals surface area contributed by atoms with Crippen LogP contribution in [-0.4, -0.2) is 29.7 Å². The van der Waals surface area contributed by atoms with Gasteiger partial charge in [0.2, 0.25) is 0 Å². The minimum absolute atomic E-state index is 0.194. The van der Waals surface area contributed by atoms with E-state index in [0.29, 0.717) is 5.92 Å². The quantitative estimate of drug-likeness (QED) is 0.809. The number of amides is 1. The summed E-state index contributed by atoms with van der Waals surface area (Å²) in [5.74, 6) is 0.409. The first-order chi connectivity index (χ1) is 9.94. The third-order valence-corrected chi connectivity index (χ3v) is 3.47. The average Bonchev–Trinajstić information content (AvgIpc) is 2.45. The topological polar surface area (TPSA) is 29.5 Å². The van der Waals surface area contributed by atoms with Crippen LogP contribution in [0.3, 0.4) is 0 Å². The summed E-state index contributed by atoms with van der Waals surface area (Å²) in [6, 6.07) is 10.3. The molecule has 0 saturated carbocycles. The molecule has 3 heteroatoms. The van der Waals surface area contributed by atoms with E-state index in [0.717, 1.165) is 25.9 Å². The fourth-order valence-electron chi connectivity index (χ4n) is 2.47. The number of rotatable bonds is 2. The van der Waals surface area contributed by atoms with Gasteiger partial charge in [0, 0.05) is 13.1 Å². The van der Waals surface area contributed by atoms with Crippen molar-refractivity contribution >= 4 is 12.2 Å². The Balaban J connectivity index is 1.92. The normalized spacial score (nSPS) is 19.8. The van der Waals surface area contributed by atoms with Crippen LogP contribution in [0.5, 0.6) is 0 Å². The first kappa shape index (κ1) is 15.6. The lowest BCUT2D eigenvalue weighted by Gasteiger charge is -2.33. The summed E-state index contributed by atoms with van der Waals surface area (Å²) in [7, 11) is 0. The van der Waals surface area contributed by atoms with Crippen molar-refractivity contribution in [3.8, 4) is 0 Å². The zero-order valence-corrected chi connectivity index (χ0v) is 13.2. The molecular weight excluding hydrogens is 262 g/mol. The summed E-state index contributed by atoms with van der Waals surface area (Å²) in [6.45, 7) is 7.26. The van der Waals surface area contributed by atoms with Gasteiger partial charge in [-0.15, -0.1) is 0 Å². The van der Waals surface area contributed by atoms with E-state index < -0.39 is 5.60 Å². The third kappa shape index (κ3) is 5.25. The molecule has 0 radical (unpaired) electrons. The van der Waals surface area contributed by atoms with Crippen LogP contribution in [0.1, 0.15) is 39.2 Å². The largest absolute Gasteiger partial charge is 0.444 e. The molecule has 114 valence electrons. The van der Waals surface area contributed by atoms with E-state index in [1.165, 1.54) is 5.56 Å². The number of hydrogen-bond donors (Lipinski definition) is 0. The van der Waals surface area contributed by atoms with Crippen molar-refractivity contribution in [3.05, 3.63) is 42.0 Å². The molecule has 1 aromatic rings. The summed E-state index contributed by atoms with van der Waals surface area (Å²) in [5.41, 5.74) is 0.774. The van der Waals surface area contributed by atoms with Crippen molar-refractivity contribution < 1.29 is 9.53 Å². The van der Waals surface area contributed by atoms with Crippen molar-refractivity contribution in [3.63, 3.8) is 0 Å². The molecule has 1 aliphatic heterocycles. The predicted octanol–water partition coefficient (Wildman–Crippen LogP) is 4.35. The van der Waals surface area contributed by atoms with Crippen LogP contribution in [0.25, 0.3) is 6.08 Å². The van der Waals surface area contributed by atoms with Gasteiger partial charge in [-0.3, -0.25) is 0 Å². The van der Waals surface area contributed by atoms with Crippen LogP contribution in [0.15, 0.2) is 36.4 Å². The molecule has 0 aliphatic carbocycles. The lowest BCUT2D eigenvalue weighted by Crippen LogP contribution is -2.42. The molecule has 1 atom stereocenters. The molecule has 2 rings (SSSR count). The molecule has 0 N–H and O–H groups in total. The van der Waals surface area contributed by atoms with Crippen LogP contribution >= 0.6 is 0 Å². The van der Waals surface area contributed by atoms with Crippen LogP contribution < -0.4 is 0 Å². The van der Waals surface area contributed by atoms with Crippen molar-refractivity contribution in [1.29, 1.82) is 0 Å². The fraction of sp³-hybridized carbons (Fsp3) is 0.500. The number of piperidine rings is 1. The van der Waals surface area contributed by atoms with E-state index >= 15 is 0 Å². The van der Waals surface area contributed by atoms with Crippen LogP contribution in [0.2, 0.25) is 0 Å².